The summed E-state index contributed by atoms with van der Waals surface area (Å²) in [7, 11) is 0. The van der Waals surface area contributed by atoms with Crippen LogP contribution in [0.25, 0.3) is 0 Å². The van der Waals surface area contributed by atoms with Crippen LogP contribution in [0.5, 0.6) is 0 Å². The molecule has 2 atom stereocenters. The average Bonchev–Trinajstić information content (AvgIpc) is 3.39. The number of amides is 1. The van der Waals surface area contributed by atoms with Gasteiger partial charge in [-0.2, -0.15) is 0 Å². The van der Waals surface area contributed by atoms with Gasteiger partial charge in [-0.3, -0.25) is 14.7 Å². The first-order valence-corrected chi connectivity index (χ1v) is 10.2. The molecule has 0 radical (unpaired) electrons. The highest BCUT2D eigenvalue weighted by atomic mass is 32.1. The Morgan fingerprint density at radius 1 is 1.07 bits per heavy atom. The fraction of sp³-hybridized carbons (Fsp3) is 0.333. The summed E-state index contributed by atoms with van der Waals surface area (Å²) in [5.74, 6) is 0.112. The molecule has 0 bridgehead atoms. The maximum absolute atomic E-state index is 13.2. The van der Waals surface area contributed by atoms with E-state index in [-0.39, 0.29) is 11.9 Å². The van der Waals surface area contributed by atoms with Crippen LogP contribution in [-0.2, 0) is 13.1 Å². The lowest BCUT2D eigenvalue weighted by atomic mass is 10.1. The molecule has 3 aromatic rings. The van der Waals surface area contributed by atoms with Gasteiger partial charge in [-0.25, -0.2) is 0 Å². The molecule has 5 nitrogen and oxygen atoms in total. The van der Waals surface area contributed by atoms with Crippen LogP contribution in [0.15, 0.2) is 54.9 Å². The summed E-state index contributed by atoms with van der Waals surface area (Å²) in [6, 6.07) is 14.7. The van der Waals surface area contributed by atoms with Crippen LogP contribution in [0.4, 0.5) is 0 Å². The Balaban J connectivity index is 1.43. The number of carbonyl (C=O) groups is 1. The molecular weight excluding hydrogens is 356 g/mol. The molecule has 0 spiro atoms. The minimum atomic E-state index is 0.112. The van der Waals surface area contributed by atoms with Crippen molar-refractivity contribution in [3.63, 3.8) is 0 Å². The molecule has 1 saturated heterocycles. The normalized spacial score (nSPS) is 22.1. The summed E-state index contributed by atoms with van der Waals surface area (Å²) in [5.41, 5.74) is 1.73. The molecule has 6 heteroatoms. The third-order valence-electron chi connectivity index (χ3n) is 5.59. The first kappa shape index (κ1) is 16.7. The first-order chi connectivity index (χ1) is 13.2. The highest BCUT2D eigenvalue weighted by molar-refractivity contribution is 7.11. The lowest BCUT2D eigenvalue weighted by Crippen LogP contribution is -2.49. The second kappa shape index (κ2) is 6.62. The van der Waals surface area contributed by atoms with Gasteiger partial charge in [0, 0.05) is 41.8 Å². The van der Waals surface area contributed by atoms with E-state index in [0.717, 1.165) is 31.0 Å². The summed E-state index contributed by atoms with van der Waals surface area (Å²) in [4.78, 5) is 24.8. The predicted molar refractivity (Wildman–Crippen MR) is 106 cm³/mol. The molecular formula is C21H22N4OS. The number of nitrogens with zero attached hydrogens (tertiary/aromatic N) is 4. The van der Waals surface area contributed by atoms with Gasteiger partial charge in [-0.05, 0) is 43.3 Å². The Labute approximate surface area is 162 Å². The topological polar surface area (TPSA) is 41.4 Å². The standard InChI is InChI=1S/C21H22N4OS/c1-15-7-8-17(27-15)12-23-13-19-20(14-23)25(11-16-5-2-3-9-22-16)21(26)18-6-4-10-24(18)19/h2-10,19-20H,11-14H2,1H3/t19-,20+/m0/s1. The third kappa shape index (κ3) is 2.99. The zero-order chi connectivity index (χ0) is 18.4. The minimum absolute atomic E-state index is 0.112. The molecule has 1 fully saturated rings. The van der Waals surface area contributed by atoms with Crippen LogP contribution < -0.4 is 0 Å². The Bertz CT molecular complexity index is 963. The average molecular weight is 379 g/mol. The van der Waals surface area contributed by atoms with Gasteiger partial charge in [0.15, 0.2) is 0 Å². The summed E-state index contributed by atoms with van der Waals surface area (Å²) in [5, 5.41) is 0. The molecule has 3 aromatic heterocycles. The van der Waals surface area contributed by atoms with E-state index in [2.05, 4.69) is 39.7 Å². The SMILES string of the molecule is Cc1ccc(CN2C[C@@H]3[C@H](C2)n2cccc2C(=O)N3Cc2ccccn2)s1. The second-order valence-electron chi connectivity index (χ2n) is 7.40. The Hall–Kier alpha value is -2.44. The van der Waals surface area contributed by atoms with Gasteiger partial charge < -0.3 is 9.47 Å². The largest absolute Gasteiger partial charge is 0.337 e. The van der Waals surface area contributed by atoms with Crippen molar-refractivity contribution in [2.45, 2.75) is 32.1 Å². The maximum atomic E-state index is 13.2. The van der Waals surface area contributed by atoms with Crippen LogP contribution in [0.2, 0.25) is 0 Å². The highest BCUT2D eigenvalue weighted by Gasteiger charge is 2.44. The number of aromatic nitrogens is 2. The number of aryl methyl sites for hydroxylation is 1. The van der Waals surface area contributed by atoms with Crippen LogP contribution >= 0.6 is 11.3 Å². The van der Waals surface area contributed by atoms with Gasteiger partial charge in [0.25, 0.3) is 5.91 Å². The number of fused-ring (bicyclic) bond motifs is 3. The lowest BCUT2D eigenvalue weighted by molar-refractivity contribution is 0.0553. The van der Waals surface area contributed by atoms with E-state index in [1.807, 2.05) is 46.6 Å². The molecule has 2 aliphatic heterocycles. The number of thiophene rings is 1. The zero-order valence-corrected chi connectivity index (χ0v) is 16.1. The molecule has 0 aromatic carbocycles. The summed E-state index contributed by atoms with van der Waals surface area (Å²) >= 11 is 1.86. The molecule has 0 aliphatic carbocycles. The quantitative estimate of drug-likeness (QED) is 0.699. The van der Waals surface area contributed by atoms with Crippen molar-refractivity contribution in [3.05, 3.63) is 76.0 Å². The van der Waals surface area contributed by atoms with Crippen LogP contribution in [0.1, 0.15) is 32.0 Å². The van der Waals surface area contributed by atoms with E-state index < -0.39 is 0 Å². The predicted octanol–water partition coefficient (Wildman–Crippen LogP) is 3.33. The fourth-order valence-electron chi connectivity index (χ4n) is 4.36. The Morgan fingerprint density at radius 3 is 2.74 bits per heavy atom. The van der Waals surface area contributed by atoms with Crippen LogP contribution in [-0.4, -0.2) is 44.4 Å². The molecule has 0 unspecified atom stereocenters. The first-order valence-electron chi connectivity index (χ1n) is 9.34. The third-order valence-corrected chi connectivity index (χ3v) is 6.57. The van der Waals surface area contributed by atoms with Crippen molar-refractivity contribution in [1.29, 1.82) is 0 Å². The smallest absolute Gasteiger partial charge is 0.271 e. The monoisotopic (exact) mass is 378 g/mol. The van der Waals surface area contributed by atoms with Gasteiger partial charge in [0.2, 0.25) is 0 Å². The molecule has 2 aliphatic rings. The van der Waals surface area contributed by atoms with Crippen molar-refractivity contribution < 1.29 is 4.79 Å². The zero-order valence-electron chi connectivity index (χ0n) is 15.3. The Morgan fingerprint density at radius 2 is 1.96 bits per heavy atom. The van der Waals surface area contributed by atoms with Gasteiger partial charge in [0.1, 0.15) is 5.69 Å². The Kier molecular flexibility index (Phi) is 4.10. The molecule has 5 rings (SSSR count). The number of carbonyl (C=O) groups excluding carboxylic acids is 1. The number of hydrogen-bond donors (Lipinski definition) is 0. The highest BCUT2D eigenvalue weighted by Crippen LogP contribution is 2.35. The van der Waals surface area contributed by atoms with E-state index in [0.29, 0.717) is 12.6 Å². The molecule has 0 saturated carbocycles. The van der Waals surface area contributed by atoms with E-state index in [1.165, 1.54) is 9.75 Å². The van der Waals surface area contributed by atoms with Gasteiger partial charge >= 0.3 is 0 Å². The van der Waals surface area contributed by atoms with Gasteiger partial charge in [-0.15, -0.1) is 11.3 Å². The van der Waals surface area contributed by atoms with E-state index in [9.17, 15) is 4.79 Å². The summed E-state index contributed by atoms with van der Waals surface area (Å²) < 4.78 is 2.18. The van der Waals surface area contributed by atoms with Gasteiger partial charge in [-0.1, -0.05) is 6.07 Å². The van der Waals surface area contributed by atoms with Gasteiger partial charge in [0.05, 0.1) is 24.3 Å². The van der Waals surface area contributed by atoms with Crippen molar-refractivity contribution in [2.24, 2.45) is 0 Å². The molecule has 138 valence electrons. The fourth-order valence-corrected chi connectivity index (χ4v) is 5.30. The molecule has 5 heterocycles. The summed E-state index contributed by atoms with van der Waals surface area (Å²) in [6.07, 6.45) is 3.85. The van der Waals surface area contributed by atoms with Crippen molar-refractivity contribution >= 4 is 17.2 Å². The second-order valence-corrected chi connectivity index (χ2v) is 8.77. The van der Waals surface area contributed by atoms with Crippen LogP contribution in [0, 0.1) is 6.92 Å². The molecule has 0 N–H and O–H groups in total. The van der Waals surface area contributed by atoms with Crippen molar-refractivity contribution in [2.75, 3.05) is 13.1 Å². The molecule has 1 amide bonds. The van der Waals surface area contributed by atoms with E-state index >= 15 is 0 Å². The number of rotatable bonds is 4. The van der Waals surface area contributed by atoms with Crippen molar-refractivity contribution in [1.82, 2.24) is 19.4 Å². The minimum Gasteiger partial charge on any atom is -0.337 e. The number of likely N-dealkylation sites (tertiary alicyclic amines) is 1. The number of hydrogen-bond acceptors (Lipinski definition) is 4. The van der Waals surface area contributed by atoms with E-state index in [4.69, 9.17) is 0 Å². The van der Waals surface area contributed by atoms with E-state index in [1.54, 1.807) is 6.20 Å². The molecule has 27 heavy (non-hydrogen) atoms. The van der Waals surface area contributed by atoms with Crippen LogP contribution in [0.3, 0.4) is 0 Å². The lowest BCUT2D eigenvalue weighted by Gasteiger charge is -2.38. The number of pyridine rings is 1. The summed E-state index contributed by atoms with van der Waals surface area (Å²) in [6.45, 7) is 5.54. The van der Waals surface area contributed by atoms with Crippen molar-refractivity contribution in [3.8, 4) is 0 Å². The maximum Gasteiger partial charge on any atom is 0.271 e.